The number of ether oxygens (including phenoxy) is 1. The highest BCUT2D eigenvalue weighted by atomic mass is 16.5. The summed E-state index contributed by atoms with van der Waals surface area (Å²) in [4.78, 5) is 49.9. The number of nitrogens with zero attached hydrogens (tertiary/aromatic N) is 1. The van der Waals surface area contributed by atoms with Crippen molar-refractivity contribution in [3.05, 3.63) is 64.7 Å². The lowest BCUT2D eigenvalue weighted by Crippen LogP contribution is -2.46. The van der Waals surface area contributed by atoms with Crippen LogP contribution in [-0.4, -0.2) is 41.3 Å². The van der Waals surface area contributed by atoms with Gasteiger partial charge in [0.05, 0.1) is 11.1 Å². The molecular weight excluding hydrogens is 374 g/mol. The number of benzene rings is 2. The van der Waals surface area contributed by atoms with Crippen molar-refractivity contribution in [2.45, 2.75) is 25.9 Å². The molecule has 8 heteroatoms. The Bertz CT molecular complexity index is 992. The molecule has 2 heterocycles. The zero-order valence-electron chi connectivity index (χ0n) is 15.7. The molecular formula is C21H19N3O5. The summed E-state index contributed by atoms with van der Waals surface area (Å²) in [6.07, 6.45) is 0.996. The highest BCUT2D eigenvalue weighted by Crippen LogP contribution is 2.23. The summed E-state index contributed by atoms with van der Waals surface area (Å²) in [6, 6.07) is 11.2. The Balaban J connectivity index is 1.52. The van der Waals surface area contributed by atoms with Crippen LogP contribution in [0.1, 0.15) is 49.5 Å². The van der Waals surface area contributed by atoms with E-state index in [1.807, 2.05) is 0 Å². The maximum Gasteiger partial charge on any atom is 0.280 e. The van der Waals surface area contributed by atoms with E-state index in [0.717, 1.165) is 6.42 Å². The van der Waals surface area contributed by atoms with Gasteiger partial charge in [-0.3, -0.25) is 24.6 Å². The van der Waals surface area contributed by atoms with Gasteiger partial charge in [0.15, 0.2) is 0 Å². The first kappa shape index (κ1) is 18.8. The van der Waals surface area contributed by atoms with Crippen LogP contribution < -0.4 is 10.7 Å². The summed E-state index contributed by atoms with van der Waals surface area (Å²) >= 11 is 0. The maximum atomic E-state index is 12.8. The first-order chi connectivity index (χ1) is 14.0. The first-order valence-corrected chi connectivity index (χ1v) is 9.28. The van der Waals surface area contributed by atoms with Crippen molar-refractivity contribution in [3.8, 4) is 0 Å². The number of imide groups is 1. The van der Waals surface area contributed by atoms with E-state index < -0.39 is 23.8 Å². The van der Waals surface area contributed by atoms with Crippen LogP contribution in [0.4, 0.5) is 5.69 Å². The molecule has 148 valence electrons. The molecule has 1 fully saturated rings. The van der Waals surface area contributed by atoms with Crippen molar-refractivity contribution < 1.29 is 23.9 Å². The van der Waals surface area contributed by atoms with E-state index >= 15 is 0 Å². The van der Waals surface area contributed by atoms with Crippen LogP contribution in [0.3, 0.4) is 0 Å². The topological polar surface area (TPSA) is 105 Å². The van der Waals surface area contributed by atoms with E-state index in [9.17, 15) is 19.2 Å². The molecule has 1 saturated heterocycles. The Kier molecular flexibility index (Phi) is 4.85. The zero-order valence-corrected chi connectivity index (χ0v) is 15.7. The van der Waals surface area contributed by atoms with Gasteiger partial charge >= 0.3 is 0 Å². The molecule has 0 aliphatic carbocycles. The summed E-state index contributed by atoms with van der Waals surface area (Å²) in [7, 11) is 0. The molecule has 4 amide bonds. The Hall–Kier alpha value is -3.52. The van der Waals surface area contributed by atoms with Crippen LogP contribution in [0.25, 0.3) is 0 Å². The molecule has 2 aliphatic heterocycles. The average molecular weight is 393 g/mol. The molecule has 1 atom stereocenters. The molecule has 0 spiro atoms. The SMILES string of the molecule is Cc1c(NC(=O)C2CCCO2)cccc1C(=O)NN1C(=O)c2ccccc2C1=O. The van der Waals surface area contributed by atoms with Crippen LogP contribution in [0.5, 0.6) is 0 Å². The minimum Gasteiger partial charge on any atom is -0.368 e. The zero-order chi connectivity index (χ0) is 20.5. The minimum atomic E-state index is -0.620. The number of hydrazine groups is 1. The predicted octanol–water partition coefficient (Wildman–Crippen LogP) is 2.05. The van der Waals surface area contributed by atoms with Gasteiger partial charge in [-0.25, -0.2) is 0 Å². The van der Waals surface area contributed by atoms with Crippen LogP contribution in [0.15, 0.2) is 42.5 Å². The lowest BCUT2D eigenvalue weighted by Gasteiger charge is -2.18. The summed E-state index contributed by atoms with van der Waals surface area (Å²) in [5, 5.41) is 3.49. The number of carbonyl (C=O) groups is 4. The number of carbonyl (C=O) groups excluding carboxylic acids is 4. The lowest BCUT2D eigenvalue weighted by molar-refractivity contribution is -0.124. The van der Waals surface area contributed by atoms with Gasteiger partial charge in [-0.1, -0.05) is 18.2 Å². The minimum absolute atomic E-state index is 0.242. The summed E-state index contributed by atoms with van der Waals surface area (Å²) in [5.41, 5.74) is 4.10. The standard InChI is InChI=1S/C21H19N3O5/c1-12-13(8-4-9-16(12)22-19(26)17-10-5-11-29-17)18(25)23-24-20(27)14-6-2-3-7-15(14)21(24)28/h2-4,6-9,17H,5,10-11H2,1H3,(H,22,26)(H,23,25). The number of nitrogens with one attached hydrogen (secondary N) is 2. The van der Waals surface area contributed by atoms with Gasteiger partial charge in [-0.05, 0) is 49.6 Å². The van der Waals surface area contributed by atoms with Crippen molar-refractivity contribution in [1.82, 2.24) is 10.4 Å². The van der Waals surface area contributed by atoms with Crippen molar-refractivity contribution in [1.29, 1.82) is 0 Å². The fourth-order valence-electron chi connectivity index (χ4n) is 3.47. The normalized spacial score (nSPS) is 18.0. The number of fused-ring (bicyclic) bond motifs is 1. The molecule has 2 aromatic rings. The van der Waals surface area contributed by atoms with Gasteiger partial charge in [0.25, 0.3) is 23.6 Å². The Morgan fingerprint density at radius 1 is 1.03 bits per heavy atom. The second-order valence-electron chi connectivity index (χ2n) is 6.90. The van der Waals surface area contributed by atoms with Crippen molar-refractivity contribution in [3.63, 3.8) is 0 Å². The van der Waals surface area contributed by atoms with Crippen LogP contribution >= 0.6 is 0 Å². The highest BCUT2D eigenvalue weighted by Gasteiger charge is 2.37. The number of hydrogen-bond acceptors (Lipinski definition) is 5. The molecule has 0 aromatic heterocycles. The quantitative estimate of drug-likeness (QED) is 0.774. The average Bonchev–Trinajstić information content (AvgIpc) is 3.34. The van der Waals surface area contributed by atoms with E-state index in [0.29, 0.717) is 29.3 Å². The van der Waals surface area contributed by atoms with Gasteiger partial charge < -0.3 is 10.1 Å². The van der Waals surface area contributed by atoms with E-state index in [-0.39, 0.29) is 22.6 Å². The molecule has 2 aliphatic rings. The van der Waals surface area contributed by atoms with Gasteiger partial charge in [0.2, 0.25) is 0 Å². The van der Waals surface area contributed by atoms with Crippen molar-refractivity contribution in [2.24, 2.45) is 0 Å². The van der Waals surface area contributed by atoms with Gasteiger partial charge in [0, 0.05) is 17.9 Å². The van der Waals surface area contributed by atoms with Gasteiger partial charge in [-0.2, -0.15) is 5.01 Å². The lowest BCUT2D eigenvalue weighted by atomic mass is 10.1. The second kappa shape index (κ2) is 7.48. The van der Waals surface area contributed by atoms with Crippen LogP contribution in [0, 0.1) is 6.92 Å². The molecule has 0 radical (unpaired) electrons. The third-order valence-electron chi connectivity index (χ3n) is 5.07. The Morgan fingerprint density at radius 2 is 1.72 bits per heavy atom. The molecule has 2 N–H and O–H groups in total. The van der Waals surface area contributed by atoms with E-state index in [1.54, 1.807) is 37.3 Å². The number of anilines is 1. The highest BCUT2D eigenvalue weighted by molar-refractivity contribution is 6.22. The van der Waals surface area contributed by atoms with Gasteiger partial charge in [-0.15, -0.1) is 0 Å². The van der Waals surface area contributed by atoms with E-state index in [1.165, 1.54) is 12.1 Å². The van der Waals surface area contributed by atoms with Crippen LogP contribution in [0.2, 0.25) is 0 Å². The van der Waals surface area contributed by atoms with Crippen molar-refractivity contribution >= 4 is 29.3 Å². The molecule has 1 unspecified atom stereocenters. The molecule has 0 bridgehead atoms. The number of hydrogen-bond donors (Lipinski definition) is 2. The molecule has 2 aromatic carbocycles. The first-order valence-electron chi connectivity index (χ1n) is 9.28. The largest absolute Gasteiger partial charge is 0.368 e. The number of rotatable bonds is 4. The molecule has 0 saturated carbocycles. The summed E-state index contributed by atoms with van der Waals surface area (Å²) in [5.74, 6) is -2.05. The van der Waals surface area contributed by atoms with Gasteiger partial charge in [0.1, 0.15) is 6.10 Å². The molecule has 29 heavy (non-hydrogen) atoms. The summed E-state index contributed by atoms with van der Waals surface area (Å²) < 4.78 is 5.37. The molecule has 8 nitrogen and oxygen atoms in total. The predicted molar refractivity (Wildman–Crippen MR) is 103 cm³/mol. The third-order valence-corrected chi connectivity index (χ3v) is 5.07. The maximum absolute atomic E-state index is 12.8. The Morgan fingerprint density at radius 3 is 2.34 bits per heavy atom. The van der Waals surface area contributed by atoms with Crippen molar-refractivity contribution in [2.75, 3.05) is 11.9 Å². The third kappa shape index (κ3) is 3.38. The fourth-order valence-corrected chi connectivity index (χ4v) is 3.47. The number of amides is 4. The fraction of sp³-hybridized carbons (Fsp3) is 0.238. The monoisotopic (exact) mass is 393 g/mol. The van der Waals surface area contributed by atoms with E-state index in [4.69, 9.17) is 4.74 Å². The smallest absolute Gasteiger partial charge is 0.280 e. The molecule has 4 rings (SSSR count). The second-order valence-corrected chi connectivity index (χ2v) is 6.90. The Labute approximate surface area is 166 Å². The van der Waals surface area contributed by atoms with Crippen LogP contribution in [-0.2, 0) is 9.53 Å². The summed E-state index contributed by atoms with van der Waals surface area (Å²) in [6.45, 7) is 2.24. The van der Waals surface area contributed by atoms with E-state index in [2.05, 4.69) is 10.7 Å².